The molecule has 0 aliphatic heterocycles. The van der Waals surface area contributed by atoms with Gasteiger partial charge in [0.05, 0.1) is 35.3 Å². The van der Waals surface area contributed by atoms with Crippen LogP contribution in [0, 0.1) is 12.7 Å². The first-order valence-electron chi connectivity index (χ1n) is 10.8. The van der Waals surface area contributed by atoms with Crippen molar-refractivity contribution < 1.29 is 13.9 Å². The van der Waals surface area contributed by atoms with Crippen molar-refractivity contribution in [3.8, 4) is 28.3 Å². The van der Waals surface area contributed by atoms with Gasteiger partial charge in [0.15, 0.2) is 0 Å². The van der Waals surface area contributed by atoms with E-state index in [1.807, 2.05) is 43.6 Å². The lowest BCUT2D eigenvalue weighted by Gasteiger charge is -2.13. The maximum atomic E-state index is 14.0. The van der Waals surface area contributed by atoms with Crippen molar-refractivity contribution in [2.45, 2.75) is 6.92 Å². The van der Waals surface area contributed by atoms with Gasteiger partial charge in [0, 0.05) is 42.0 Å². The van der Waals surface area contributed by atoms with Gasteiger partial charge < -0.3 is 10.1 Å². The second-order valence-electron chi connectivity index (χ2n) is 7.97. The number of ether oxygens (including phenoxy) is 1. The first-order chi connectivity index (χ1) is 16.9. The van der Waals surface area contributed by atoms with Gasteiger partial charge in [0.1, 0.15) is 23.6 Å². The molecule has 5 aromatic rings. The van der Waals surface area contributed by atoms with Gasteiger partial charge in [-0.3, -0.25) is 14.5 Å². The summed E-state index contributed by atoms with van der Waals surface area (Å²) in [6, 6.07) is 14.5. The number of hydrogen-bond donors (Lipinski definition) is 1. The number of amides is 1. The SMILES string of the molecule is COc1cc2ncnc(-c3cn(C)nc3-c3ccccc3)c2cc1NC(=O)c1cnc(C)c(F)c1. The lowest BCUT2D eigenvalue weighted by atomic mass is 10.0. The second kappa shape index (κ2) is 8.94. The molecular weight excluding hydrogens is 447 g/mol. The fourth-order valence-corrected chi connectivity index (χ4v) is 3.86. The monoisotopic (exact) mass is 468 g/mol. The van der Waals surface area contributed by atoms with Crippen molar-refractivity contribution in [3.63, 3.8) is 0 Å². The molecule has 0 unspecified atom stereocenters. The second-order valence-corrected chi connectivity index (χ2v) is 7.97. The van der Waals surface area contributed by atoms with Gasteiger partial charge in [-0.1, -0.05) is 30.3 Å². The van der Waals surface area contributed by atoms with Crippen LogP contribution in [-0.2, 0) is 7.05 Å². The fraction of sp³-hybridized carbons (Fsp3) is 0.115. The molecule has 0 radical (unpaired) electrons. The Morgan fingerprint density at radius 2 is 1.86 bits per heavy atom. The lowest BCUT2D eigenvalue weighted by Crippen LogP contribution is -2.14. The summed E-state index contributed by atoms with van der Waals surface area (Å²) in [6.07, 6.45) is 4.71. The van der Waals surface area contributed by atoms with E-state index in [4.69, 9.17) is 4.74 Å². The highest BCUT2D eigenvalue weighted by molar-refractivity contribution is 6.07. The number of carbonyl (C=O) groups is 1. The lowest BCUT2D eigenvalue weighted by molar-refractivity contribution is 0.102. The van der Waals surface area contributed by atoms with Crippen LogP contribution in [0.2, 0.25) is 0 Å². The maximum absolute atomic E-state index is 14.0. The third-order valence-corrected chi connectivity index (χ3v) is 5.62. The van der Waals surface area contributed by atoms with Crippen molar-refractivity contribution in [1.29, 1.82) is 0 Å². The zero-order valence-corrected chi connectivity index (χ0v) is 19.3. The molecule has 0 bridgehead atoms. The number of benzene rings is 2. The molecule has 5 rings (SSSR count). The number of rotatable bonds is 5. The Hall–Kier alpha value is -4.66. The quantitative estimate of drug-likeness (QED) is 0.398. The van der Waals surface area contributed by atoms with Crippen molar-refractivity contribution in [3.05, 3.63) is 84.3 Å². The Bertz CT molecular complexity index is 1570. The summed E-state index contributed by atoms with van der Waals surface area (Å²) in [5.74, 6) is -0.659. The van der Waals surface area contributed by atoms with E-state index in [-0.39, 0.29) is 11.3 Å². The zero-order chi connectivity index (χ0) is 24.5. The van der Waals surface area contributed by atoms with Crippen LogP contribution in [0.25, 0.3) is 33.4 Å². The minimum absolute atomic E-state index is 0.0957. The summed E-state index contributed by atoms with van der Waals surface area (Å²) < 4.78 is 21.2. The van der Waals surface area contributed by atoms with Crippen LogP contribution >= 0.6 is 0 Å². The van der Waals surface area contributed by atoms with Gasteiger partial charge in [-0.2, -0.15) is 5.10 Å². The van der Waals surface area contributed by atoms with E-state index in [0.717, 1.165) is 22.9 Å². The number of aromatic nitrogens is 5. The van der Waals surface area contributed by atoms with E-state index >= 15 is 0 Å². The Morgan fingerprint density at radius 1 is 1.06 bits per heavy atom. The topological polar surface area (TPSA) is 94.8 Å². The molecule has 8 nitrogen and oxygen atoms in total. The summed E-state index contributed by atoms with van der Waals surface area (Å²) in [5.41, 5.74) is 4.54. The van der Waals surface area contributed by atoms with Gasteiger partial charge in [-0.15, -0.1) is 0 Å². The molecule has 0 spiro atoms. The van der Waals surface area contributed by atoms with E-state index in [0.29, 0.717) is 28.0 Å². The third kappa shape index (κ3) is 4.19. The van der Waals surface area contributed by atoms with Crippen molar-refractivity contribution in [1.82, 2.24) is 24.7 Å². The van der Waals surface area contributed by atoms with Crippen LogP contribution in [-0.4, -0.2) is 37.7 Å². The van der Waals surface area contributed by atoms with E-state index in [1.165, 1.54) is 26.6 Å². The Labute approximate surface area is 200 Å². The summed E-state index contributed by atoms with van der Waals surface area (Å²) in [4.78, 5) is 25.7. The molecular formula is C26H21FN6O2. The molecule has 9 heteroatoms. The van der Waals surface area contributed by atoms with Crippen LogP contribution in [0.5, 0.6) is 5.75 Å². The van der Waals surface area contributed by atoms with Crippen molar-refractivity contribution in [2.75, 3.05) is 12.4 Å². The van der Waals surface area contributed by atoms with Crippen molar-refractivity contribution in [2.24, 2.45) is 7.05 Å². The molecule has 3 aromatic heterocycles. The van der Waals surface area contributed by atoms with Gasteiger partial charge >= 0.3 is 0 Å². The molecule has 0 aliphatic rings. The number of aryl methyl sites for hydroxylation is 2. The Balaban J connectivity index is 1.63. The molecule has 0 aliphatic carbocycles. The van der Waals surface area contributed by atoms with E-state index in [2.05, 4.69) is 25.4 Å². The number of fused-ring (bicyclic) bond motifs is 1. The number of methoxy groups -OCH3 is 1. The summed E-state index contributed by atoms with van der Waals surface area (Å²) in [6.45, 7) is 1.53. The molecule has 3 heterocycles. The van der Waals surface area contributed by atoms with E-state index in [9.17, 15) is 9.18 Å². The predicted molar refractivity (Wildman–Crippen MR) is 131 cm³/mol. The molecule has 0 saturated carbocycles. The number of pyridine rings is 1. The van der Waals surface area contributed by atoms with E-state index in [1.54, 1.807) is 16.8 Å². The minimum atomic E-state index is -0.552. The molecule has 0 fully saturated rings. The molecule has 0 saturated heterocycles. The first-order valence-corrected chi connectivity index (χ1v) is 10.8. The highest BCUT2D eigenvalue weighted by Gasteiger charge is 2.19. The van der Waals surface area contributed by atoms with Gasteiger partial charge in [0.25, 0.3) is 5.91 Å². The zero-order valence-electron chi connectivity index (χ0n) is 19.3. The molecule has 1 N–H and O–H groups in total. The van der Waals surface area contributed by atoms with E-state index < -0.39 is 11.7 Å². The molecule has 174 valence electrons. The Kier molecular flexibility index (Phi) is 5.66. The van der Waals surface area contributed by atoms with Crippen molar-refractivity contribution >= 4 is 22.5 Å². The summed E-state index contributed by atoms with van der Waals surface area (Å²) in [7, 11) is 3.35. The molecule has 0 atom stereocenters. The van der Waals surface area contributed by atoms with Gasteiger partial charge in [-0.05, 0) is 19.1 Å². The average molecular weight is 468 g/mol. The van der Waals surface area contributed by atoms with Crippen LogP contribution in [0.3, 0.4) is 0 Å². The number of anilines is 1. The molecule has 2 aromatic carbocycles. The number of nitrogens with one attached hydrogen (secondary N) is 1. The van der Waals surface area contributed by atoms with Crippen LogP contribution in [0.15, 0.2) is 67.3 Å². The largest absolute Gasteiger partial charge is 0.494 e. The maximum Gasteiger partial charge on any atom is 0.257 e. The van der Waals surface area contributed by atoms with Crippen LogP contribution < -0.4 is 10.1 Å². The smallest absolute Gasteiger partial charge is 0.257 e. The average Bonchev–Trinajstić information content (AvgIpc) is 3.26. The number of carbonyl (C=O) groups excluding carboxylic acids is 1. The van der Waals surface area contributed by atoms with Crippen LogP contribution in [0.4, 0.5) is 10.1 Å². The first kappa shape index (κ1) is 22.1. The summed E-state index contributed by atoms with van der Waals surface area (Å²) >= 11 is 0. The number of hydrogen-bond acceptors (Lipinski definition) is 6. The Morgan fingerprint density at radius 3 is 2.60 bits per heavy atom. The highest BCUT2D eigenvalue weighted by atomic mass is 19.1. The standard InChI is InChI=1S/C26H21FN6O2/c1-15-20(27)9-17(12-28-15)26(34)31-22-10-18-21(11-23(22)35-3)29-14-30-25(18)19-13-33(2)32-24(19)16-7-5-4-6-8-16/h4-14H,1-3H3,(H,31,34). The summed E-state index contributed by atoms with van der Waals surface area (Å²) in [5, 5.41) is 8.14. The van der Waals surface area contributed by atoms with Crippen LogP contribution in [0.1, 0.15) is 16.1 Å². The number of nitrogens with zero attached hydrogens (tertiary/aromatic N) is 5. The highest BCUT2D eigenvalue weighted by Crippen LogP contribution is 2.37. The minimum Gasteiger partial charge on any atom is -0.494 e. The molecule has 35 heavy (non-hydrogen) atoms. The van der Waals surface area contributed by atoms with Gasteiger partial charge in [-0.25, -0.2) is 14.4 Å². The fourth-order valence-electron chi connectivity index (χ4n) is 3.86. The number of halogens is 1. The molecule has 1 amide bonds. The normalized spacial score (nSPS) is 11.0. The predicted octanol–water partition coefficient (Wildman–Crippen LogP) is 4.80. The van der Waals surface area contributed by atoms with Gasteiger partial charge in [0.2, 0.25) is 0 Å². The third-order valence-electron chi connectivity index (χ3n) is 5.62.